The lowest BCUT2D eigenvalue weighted by Gasteiger charge is -2.42. The Bertz CT molecular complexity index is 700. The first-order chi connectivity index (χ1) is 10.6. The van der Waals surface area contributed by atoms with Crippen LogP contribution in [0.3, 0.4) is 0 Å². The van der Waals surface area contributed by atoms with Crippen LogP contribution in [0, 0.1) is 0 Å². The molecule has 0 aliphatic carbocycles. The summed E-state index contributed by atoms with van der Waals surface area (Å²) in [6, 6.07) is 2.85. The first-order valence-corrected chi connectivity index (χ1v) is 7.56. The fraction of sp³-hybridized carbons (Fsp3) is 0.533. The van der Waals surface area contributed by atoms with Crippen LogP contribution in [-0.2, 0) is 9.53 Å². The summed E-state index contributed by atoms with van der Waals surface area (Å²) in [6.07, 6.45) is 3.21. The summed E-state index contributed by atoms with van der Waals surface area (Å²) >= 11 is 0. The molecule has 0 radical (unpaired) electrons. The first-order valence-electron chi connectivity index (χ1n) is 7.56. The van der Waals surface area contributed by atoms with Crippen LogP contribution < -0.4 is 5.56 Å². The highest BCUT2D eigenvalue weighted by Crippen LogP contribution is 2.45. The van der Waals surface area contributed by atoms with Crippen molar-refractivity contribution in [1.29, 1.82) is 0 Å². The van der Waals surface area contributed by atoms with Gasteiger partial charge < -0.3 is 19.5 Å². The van der Waals surface area contributed by atoms with E-state index in [2.05, 4.69) is 4.98 Å². The molecular weight excluding hydrogens is 286 g/mol. The Morgan fingerprint density at radius 3 is 3.05 bits per heavy atom. The predicted molar refractivity (Wildman–Crippen MR) is 76.1 cm³/mol. The molecule has 22 heavy (non-hydrogen) atoms. The number of amides is 2. The van der Waals surface area contributed by atoms with Gasteiger partial charge in [-0.2, -0.15) is 0 Å². The molecule has 116 valence electrons. The van der Waals surface area contributed by atoms with Gasteiger partial charge in [0.15, 0.2) is 5.72 Å². The Balaban J connectivity index is 1.68. The second kappa shape index (κ2) is 4.67. The van der Waals surface area contributed by atoms with E-state index in [9.17, 15) is 14.4 Å². The van der Waals surface area contributed by atoms with E-state index >= 15 is 0 Å². The van der Waals surface area contributed by atoms with Crippen molar-refractivity contribution < 1.29 is 14.3 Å². The van der Waals surface area contributed by atoms with Gasteiger partial charge in [-0.05, 0) is 18.6 Å². The average molecular weight is 303 g/mol. The number of aromatic amines is 1. The van der Waals surface area contributed by atoms with Crippen molar-refractivity contribution in [3.63, 3.8) is 0 Å². The summed E-state index contributed by atoms with van der Waals surface area (Å²) in [7, 11) is 0. The Morgan fingerprint density at radius 1 is 1.36 bits per heavy atom. The molecule has 4 rings (SSSR count). The second-order valence-electron chi connectivity index (χ2n) is 5.97. The van der Waals surface area contributed by atoms with Crippen molar-refractivity contribution in [2.24, 2.45) is 0 Å². The third kappa shape index (κ3) is 1.68. The molecule has 3 saturated heterocycles. The van der Waals surface area contributed by atoms with Gasteiger partial charge in [-0.3, -0.25) is 14.4 Å². The molecule has 0 bridgehead atoms. The van der Waals surface area contributed by atoms with Gasteiger partial charge in [0.05, 0.1) is 19.1 Å². The third-order valence-electron chi connectivity index (χ3n) is 4.92. The Kier molecular flexibility index (Phi) is 2.87. The molecule has 2 atom stereocenters. The number of aromatic nitrogens is 1. The quantitative estimate of drug-likeness (QED) is 0.788. The summed E-state index contributed by atoms with van der Waals surface area (Å²) in [4.78, 5) is 42.7. The van der Waals surface area contributed by atoms with Gasteiger partial charge in [0.1, 0.15) is 5.56 Å². The molecule has 1 spiro atoms. The van der Waals surface area contributed by atoms with Crippen LogP contribution in [0.1, 0.15) is 29.6 Å². The Labute approximate surface area is 126 Å². The van der Waals surface area contributed by atoms with Crippen LogP contribution in [0.4, 0.5) is 0 Å². The molecule has 2 amide bonds. The number of nitrogens with zero attached hydrogens (tertiary/aromatic N) is 2. The zero-order valence-corrected chi connectivity index (χ0v) is 12.1. The topological polar surface area (TPSA) is 82.7 Å². The summed E-state index contributed by atoms with van der Waals surface area (Å²) in [5.74, 6) is -0.295. The van der Waals surface area contributed by atoms with Gasteiger partial charge in [-0.25, -0.2) is 0 Å². The minimum Gasteiger partial charge on any atom is -0.353 e. The van der Waals surface area contributed by atoms with E-state index in [1.807, 2.05) is 0 Å². The molecule has 0 unspecified atom stereocenters. The molecular formula is C15H17N3O4. The zero-order valence-electron chi connectivity index (χ0n) is 12.1. The van der Waals surface area contributed by atoms with E-state index in [0.29, 0.717) is 26.1 Å². The molecule has 0 aromatic carbocycles. The SMILES string of the molecule is O=C(c1ccc[nH]c1=O)N1CC[C@@]23OCCCN2C(=O)C[C@@H]13. The first kappa shape index (κ1) is 13.5. The molecule has 1 aromatic heterocycles. The van der Waals surface area contributed by atoms with Crippen molar-refractivity contribution in [2.45, 2.75) is 31.0 Å². The van der Waals surface area contributed by atoms with Gasteiger partial charge in [0, 0.05) is 25.7 Å². The fourth-order valence-electron chi connectivity index (χ4n) is 3.94. The van der Waals surface area contributed by atoms with Crippen LogP contribution in [0.2, 0.25) is 0 Å². The summed E-state index contributed by atoms with van der Waals surface area (Å²) < 4.78 is 5.96. The summed E-state index contributed by atoms with van der Waals surface area (Å²) in [5.41, 5.74) is -0.965. The number of carbonyl (C=O) groups excluding carboxylic acids is 2. The highest BCUT2D eigenvalue weighted by Gasteiger charge is 2.61. The van der Waals surface area contributed by atoms with Gasteiger partial charge in [0.25, 0.3) is 11.5 Å². The summed E-state index contributed by atoms with van der Waals surface area (Å²) in [6.45, 7) is 1.79. The fourth-order valence-corrected chi connectivity index (χ4v) is 3.94. The average Bonchev–Trinajstić information content (AvgIpc) is 3.00. The van der Waals surface area contributed by atoms with E-state index in [1.54, 1.807) is 15.9 Å². The van der Waals surface area contributed by atoms with Crippen molar-refractivity contribution in [3.8, 4) is 0 Å². The maximum atomic E-state index is 12.7. The minimum atomic E-state index is -0.674. The molecule has 0 saturated carbocycles. The largest absolute Gasteiger partial charge is 0.353 e. The number of H-pyrrole nitrogens is 1. The molecule has 3 aliphatic rings. The van der Waals surface area contributed by atoms with Crippen molar-refractivity contribution in [3.05, 3.63) is 34.2 Å². The van der Waals surface area contributed by atoms with Crippen LogP contribution in [-0.4, -0.2) is 58.1 Å². The molecule has 7 heteroatoms. The number of nitrogens with one attached hydrogen (secondary N) is 1. The highest BCUT2D eigenvalue weighted by atomic mass is 16.5. The summed E-state index contributed by atoms with van der Waals surface area (Å²) in [5, 5.41) is 0. The highest BCUT2D eigenvalue weighted by molar-refractivity contribution is 5.95. The van der Waals surface area contributed by atoms with Gasteiger partial charge >= 0.3 is 0 Å². The smallest absolute Gasteiger partial charge is 0.260 e. The second-order valence-corrected chi connectivity index (χ2v) is 5.97. The molecule has 4 heterocycles. The Morgan fingerprint density at radius 2 is 2.23 bits per heavy atom. The van der Waals surface area contributed by atoms with Crippen LogP contribution in [0.25, 0.3) is 0 Å². The zero-order chi connectivity index (χ0) is 15.3. The van der Waals surface area contributed by atoms with Gasteiger partial charge in [-0.15, -0.1) is 0 Å². The number of carbonyl (C=O) groups is 2. The lowest BCUT2D eigenvalue weighted by molar-refractivity contribution is -0.179. The lowest BCUT2D eigenvalue weighted by Crippen LogP contribution is -2.56. The van der Waals surface area contributed by atoms with Crippen LogP contribution >= 0.6 is 0 Å². The normalized spacial score (nSPS) is 30.4. The predicted octanol–water partition coefficient (Wildman–Crippen LogP) is -0.0617. The number of ether oxygens (including phenoxy) is 1. The van der Waals surface area contributed by atoms with Gasteiger partial charge in [0.2, 0.25) is 5.91 Å². The maximum absolute atomic E-state index is 12.7. The van der Waals surface area contributed by atoms with E-state index in [-0.39, 0.29) is 29.8 Å². The maximum Gasteiger partial charge on any atom is 0.260 e. The molecule has 1 aromatic rings. The number of hydrogen-bond acceptors (Lipinski definition) is 4. The number of likely N-dealkylation sites (tertiary alicyclic amines) is 1. The molecule has 7 nitrogen and oxygen atoms in total. The van der Waals surface area contributed by atoms with Crippen molar-refractivity contribution in [2.75, 3.05) is 19.7 Å². The number of pyridine rings is 1. The van der Waals surface area contributed by atoms with Crippen LogP contribution in [0.15, 0.2) is 23.1 Å². The Hall–Kier alpha value is -2.15. The molecule has 1 N–H and O–H groups in total. The minimum absolute atomic E-state index is 0.0316. The van der Waals surface area contributed by atoms with E-state index in [4.69, 9.17) is 4.74 Å². The number of rotatable bonds is 1. The van der Waals surface area contributed by atoms with E-state index in [1.165, 1.54) is 12.3 Å². The van der Waals surface area contributed by atoms with Crippen molar-refractivity contribution >= 4 is 11.8 Å². The van der Waals surface area contributed by atoms with E-state index in [0.717, 1.165) is 6.42 Å². The lowest BCUT2D eigenvalue weighted by atomic mass is 10.0. The standard InChI is InChI=1S/C15H17N3O4/c19-12-9-11-15(18(12)6-2-8-22-15)4-7-17(11)14(21)10-3-1-5-16-13(10)20/h1,3,5,11H,2,4,6-9H2,(H,16,20)/t11-,15+/m1/s1. The molecule has 3 fully saturated rings. The monoisotopic (exact) mass is 303 g/mol. The van der Waals surface area contributed by atoms with Crippen LogP contribution in [0.5, 0.6) is 0 Å². The van der Waals surface area contributed by atoms with E-state index < -0.39 is 11.3 Å². The van der Waals surface area contributed by atoms with Crippen molar-refractivity contribution in [1.82, 2.24) is 14.8 Å². The number of hydrogen-bond donors (Lipinski definition) is 1. The molecule has 3 aliphatic heterocycles. The van der Waals surface area contributed by atoms with Gasteiger partial charge in [-0.1, -0.05) is 0 Å². The third-order valence-corrected chi connectivity index (χ3v) is 4.92.